The van der Waals surface area contributed by atoms with E-state index in [0.717, 1.165) is 12.8 Å². The van der Waals surface area contributed by atoms with Crippen molar-refractivity contribution < 1.29 is 4.74 Å². The van der Waals surface area contributed by atoms with Crippen LogP contribution in [0.2, 0.25) is 5.15 Å². The van der Waals surface area contributed by atoms with E-state index in [2.05, 4.69) is 23.8 Å². The van der Waals surface area contributed by atoms with Crippen LogP contribution in [0.3, 0.4) is 0 Å². The maximum atomic E-state index is 5.79. The van der Waals surface area contributed by atoms with E-state index in [1.807, 2.05) is 0 Å². The Morgan fingerprint density at radius 1 is 1.31 bits per heavy atom. The number of nitrogens with zero attached hydrogens (tertiary/aromatic N) is 2. The highest BCUT2D eigenvalue weighted by molar-refractivity contribution is 6.29. The first kappa shape index (κ1) is 11.6. The van der Waals surface area contributed by atoms with Gasteiger partial charge >= 0.3 is 0 Å². The number of hydrogen-bond acceptors (Lipinski definition) is 3. The van der Waals surface area contributed by atoms with E-state index >= 15 is 0 Å². The molecule has 0 radical (unpaired) electrons. The molecule has 0 unspecified atom stereocenters. The second kappa shape index (κ2) is 4.58. The van der Waals surface area contributed by atoms with Crippen LogP contribution in [-0.2, 0) is 0 Å². The fraction of sp³-hybridized carbons (Fsp3) is 0.667. The van der Waals surface area contributed by atoms with Crippen LogP contribution in [0.4, 0.5) is 0 Å². The quantitative estimate of drug-likeness (QED) is 0.743. The van der Waals surface area contributed by atoms with E-state index in [0.29, 0.717) is 16.4 Å². The maximum absolute atomic E-state index is 5.79. The first-order chi connectivity index (χ1) is 7.55. The monoisotopic (exact) mass is 240 g/mol. The maximum Gasteiger partial charge on any atom is 0.218 e. The van der Waals surface area contributed by atoms with Crippen LogP contribution in [0, 0.1) is 5.41 Å². The summed E-state index contributed by atoms with van der Waals surface area (Å²) in [4.78, 5) is 7.88. The third kappa shape index (κ3) is 3.08. The zero-order valence-electron chi connectivity index (χ0n) is 9.74. The van der Waals surface area contributed by atoms with Crippen molar-refractivity contribution in [3.8, 4) is 5.88 Å². The Hall–Kier alpha value is -0.830. The highest BCUT2D eigenvalue weighted by Crippen LogP contribution is 2.36. The molecule has 0 spiro atoms. The summed E-state index contributed by atoms with van der Waals surface area (Å²) in [6.07, 6.45) is 6.31. The van der Waals surface area contributed by atoms with Gasteiger partial charge in [0.1, 0.15) is 17.6 Å². The van der Waals surface area contributed by atoms with Crippen LogP contribution >= 0.6 is 11.6 Å². The van der Waals surface area contributed by atoms with Crippen molar-refractivity contribution in [1.82, 2.24) is 9.97 Å². The van der Waals surface area contributed by atoms with Crippen LogP contribution in [0.5, 0.6) is 5.88 Å². The van der Waals surface area contributed by atoms with Crippen molar-refractivity contribution in [3.05, 3.63) is 17.5 Å². The lowest BCUT2D eigenvalue weighted by Crippen LogP contribution is -2.28. The predicted molar refractivity (Wildman–Crippen MR) is 63.7 cm³/mol. The molecule has 16 heavy (non-hydrogen) atoms. The molecule has 88 valence electrons. The molecule has 1 aliphatic rings. The zero-order valence-corrected chi connectivity index (χ0v) is 10.5. The summed E-state index contributed by atoms with van der Waals surface area (Å²) < 4.78 is 5.79. The number of aromatic nitrogens is 2. The van der Waals surface area contributed by atoms with Crippen molar-refractivity contribution in [2.75, 3.05) is 0 Å². The van der Waals surface area contributed by atoms with Crippen molar-refractivity contribution in [2.24, 2.45) is 5.41 Å². The molecule has 2 rings (SSSR count). The summed E-state index contributed by atoms with van der Waals surface area (Å²) in [5.74, 6) is 0.588. The van der Waals surface area contributed by atoms with E-state index in [4.69, 9.17) is 16.3 Å². The van der Waals surface area contributed by atoms with E-state index < -0.39 is 0 Å². The molecule has 4 heteroatoms. The Bertz CT molecular complexity index is 358. The topological polar surface area (TPSA) is 35.0 Å². The first-order valence-corrected chi connectivity index (χ1v) is 6.07. The van der Waals surface area contributed by atoms with Gasteiger partial charge in [-0.3, -0.25) is 0 Å². The van der Waals surface area contributed by atoms with Gasteiger partial charge in [0.2, 0.25) is 5.88 Å². The summed E-state index contributed by atoms with van der Waals surface area (Å²) in [6.45, 7) is 4.62. The lowest BCUT2D eigenvalue weighted by Gasteiger charge is -2.34. The normalized spacial score (nSPS) is 20.7. The largest absolute Gasteiger partial charge is 0.474 e. The molecule has 0 aliphatic heterocycles. The Morgan fingerprint density at radius 3 is 2.62 bits per heavy atom. The van der Waals surface area contributed by atoms with Crippen LogP contribution < -0.4 is 4.74 Å². The molecule has 0 bridgehead atoms. The summed E-state index contributed by atoms with van der Waals surface area (Å²) in [7, 11) is 0. The van der Waals surface area contributed by atoms with Gasteiger partial charge in [0.05, 0.1) is 0 Å². The summed E-state index contributed by atoms with van der Waals surface area (Å²) in [6, 6.07) is 1.67. The minimum atomic E-state index is 0.277. The Labute approximate surface area is 101 Å². The molecule has 1 aromatic rings. The van der Waals surface area contributed by atoms with Crippen LogP contribution in [0.25, 0.3) is 0 Å². The molecular formula is C12H17ClN2O. The van der Waals surface area contributed by atoms with Crippen molar-refractivity contribution in [3.63, 3.8) is 0 Å². The number of hydrogen-bond donors (Lipinski definition) is 0. The van der Waals surface area contributed by atoms with E-state index in [-0.39, 0.29) is 6.10 Å². The Balaban J connectivity index is 1.92. The fourth-order valence-electron chi connectivity index (χ4n) is 2.04. The van der Waals surface area contributed by atoms with Gasteiger partial charge in [-0.15, -0.1) is 0 Å². The molecule has 1 aliphatic carbocycles. The Kier molecular flexibility index (Phi) is 3.33. The first-order valence-electron chi connectivity index (χ1n) is 5.69. The zero-order chi connectivity index (χ0) is 11.6. The van der Waals surface area contributed by atoms with Crippen molar-refractivity contribution in [2.45, 2.75) is 45.6 Å². The van der Waals surface area contributed by atoms with Gasteiger partial charge in [0, 0.05) is 6.07 Å². The lowest BCUT2D eigenvalue weighted by molar-refractivity contribution is 0.0948. The minimum Gasteiger partial charge on any atom is -0.474 e. The van der Waals surface area contributed by atoms with Crippen LogP contribution in [-0.4, -0.2) is 16.1 Å². The molecule has 0 amide bonds. The van der Waals surface area contributed by atoms with Gasteiger partial charge in [-0.05, 0) is 31.1 Å². The highest BCUT2D eigenvalue weighted by Gasteiger charge is 2.27. The molecule has 0 aromatic carbocycles. The molecule has 3 nitrogen and oxygen atoms in total. The van der Waals surface area contributed by atoms with Gasteiger partial charge in [0.15, 0.2) is 0 Å². The summed E-state index contributed by atoms with van der Waals surface area (Å²) >= 11 is 5.78. The van der Waals surface area contributed by atoms with Crippen molar-refractivity contribution >= 4 is 11.6 Å². The lowest BCUT2D eigenvalue weighted by atomic mass is 9.76. The molecule has 1 saturated carbocycles. The highest BCUT2D eigenvalue weighted by atomic mass is 35.5. The van der Waals surface area contributed by atoms with E-state index in [9.17, 15) is 0 Å². The Morgan fingerprint density at radius 2 is 2.00 bits per heavy atom. The molecule has 1 heterocycles. The fourth-order valence-corrected chi connectivity index (χ4v) is 2.18. The van der Waals surface area contributed by atoms with E-state index in [1.54, 1.807) is 6.07 Å². The predicted octanol–water partition coefficient (Wildman–Crippen LogP) is 3.48. The van der Waals surface area contributed by atoms with Gasteiger partial charge < -0.3 is 4.74 Å². The smallest absolute Gasteiger partial charge is 0.218 e. The van der Waals surface area contributed by atoms with Crippen molar-refractivity contribution in [1.29, 1.82) is 0 Å². The average Bonchev–Trinajstić information content (AvgIpc) is 2.21. The number of ether oxygens (including phenoxy) is 1. The second-order valence-electron chi connectivity index (χ2n) is 5.16. The summed E-state index contributed by atoms with van der Waals surface area (Å²) in [5.41, 5.74) is 0.461. The minimum absolute atomic E-state index is 0.277. The molecule has 0 N–H and O–H groups in total. The van der Waals surface area contributed by atoms with Gasteiger partial charge in [-0.2, -0.15) is 0 Å². The molecule has 0 saturated heterocycles. The standard InChI is InChI=1S/C12H17ClN2O/c1-12(2)5-3-9(4-6-12)16-11-7-10(13)14-8-15-11/h7-9H,3-6H2,1-2H3. The molecule has 1 fully saturated rings. The summed E-state index contributed by atoms with van der Waals surface area (Å²) in [5, 5.41) is 0.432. The average molecular weight is 241 g/mol. The number of rotatable bonds is 2. The molecule has 0 atom stereocenters. The second-order valence-corrected chi connectivity index (χ2v) is 5.55. The van der Waals surface area contributed by atoms with Gasteiger partial charge in [-0.1, -0.05) is 25.4 Å². The van der Waals surface area contributed by atoms with Crippen LogP contribution in [0.15, 0.2) is 12.4 Å². The SMILES string of the molecule is CC1(C)CCC(Oc2cc(Cl)ncn2)CC1. The van der Waals surface area contributed by atoms with Crippen LogP contribution in [0.1, 0.15) is 39.5 Å². The van der Waals surface area contributed by atoms with Gasteiger partial charge in [0.25, 0.3) is 0 Å². The molecular weight excluding hydrogens is 224 g/mol. The number of halogens is 1. The van der Waals surface area contributed by atoms with Gasteiger partial charge in [-0.25, -0.2) is 9.97 Å². The third-order valence-corrected chi connectivity index (χ3v) is 3.39. The third-order valence-electron chi connectivity index (χ3n) is 3.18. The molecule has 1 aromatic heterocycles. The van der Waals surface area contributed by atoms with E-state index in [1.165, 1.54) is 19.2 Å².